The lowest BCUT2D eigenvalue weighted by atomic mass is 10.0. The van der Waals surface area contributed by atoms with E-state index in [4.69, 9.17) is 40.5 Å². The van der Waals surface area contributed by atoms with Gasteiger partial charge in [0.25, 0.3) is 5.56 Å². The third kappa shape index (κ3) is 3.83. The Balaban J connectivity index is 1.42. The highest BCUT2D eigenvalue weighted by Gasteiger charge is 2.29. The molecule has 5 aromatic rings. The largest absolute Gasteiger partial charge is 0.384 e. The van der Waals surface area contributed by atoms with Gasteiger partial charge in [0, 0.05) is 34.1 Å². The minimum Gasteiger partial charge on any atom is -0.384 e. The number of nitrogens with two attached hydrogens (primary N) is 1. The van der Waals surface area contributed by atoms with Gasteiger partial charge >= 0.3 is 0 Å². The molecule has 1 aromatic carbocycles. The highest BCUT2D eigenvalue weighted by Crippen LogP contribution is 2.37. The summed E-state index contributed by atoms with van der Waals surface area (Å²) < 4.78 is 3.26. The maximum Gasteiger partial charge on any atom is 0.252 e. The van der Waals surface area contributed by atoms with Crippen LogP contribution in [0.4, 0.5) is 5.82 Å². The first-order chi connectivity index (χ1) is 17.4. The zero-order valence-corrected chi connectivity index (χ0v) is 20.6. The van der Waals surface area contributed by atoms with Gasteiger partial charge in [-0.2, -0.15) is 4.68 Å². The number of H-pyrrole nitrogens is 1. The normalized spacial score (nSPS) is 14.8. The highest BCUT2D eigenvalue weighted by atomic mass is 35.5. The topological polar surface area (TPSA) is 133 Å². The van der Waals surface area contributed by atoms with Crippen LogP contribution in [0.2, 0.25) is 15.2 Å². The van der Waals surface area contributed by atoms with Crippen LogP contribution in [-0.2, 0) is 6.42 Å². The van der Waals surface area contributed by atoms with Crippen LogP contribution in [0.1, 0.15) is 24.0 Å². The molecule has 10 nitrogen and oxygen atoms in total. The van der Waals surface area contributed by atoms with E-state index >= 15 is 0 Å². The number of halogens is 3. The molecule has 0 fully saturated rings. The highest BCUT2D eigenvalue weighted by molar-refractivity contribution is 6.35. The van der Waals surface area contributed by atoms with Crippen LogP contribution in [0.25, 0.3) is 28.1 Å². The summed E-state index contributed by atoms with van der Waals surface area (Å²) in [7, 11) is 0. The number of pyridine rings is 2. The number of aromatic nitrogens is 8. The number of nitrogens with zero attached hydrogens (tertiary/aromatic N) is 7. The number of aryl methyl sites for hydroxylation is 1. The van der Waals surface area contributed by atoms with Gasteiger partial charge in [0.1, 0.15) is 28.8 Å². The lowest BCUT2D eigenvalue weighted by Crippen LogP contribution is -2.24. The molecule has 4 aromatic heterocycles. The van der Waals surface area contributed by atoms with Crippen LogP contribution in [-0.4, -0.2) is 39.7 Å². The van der Waals surface area contributed by atoms with E-state index in [0.717, 1.165) is 16.8 Å². The van der Waals surface area contributed by atoms with Crippen molar-refractivity contribution in [3.8, 4) is 28.1 Å². The predicted octanol–water partition coefficient (Wildman–Crippen LogP) is 4.35. The fraction of sp³-hybridized carbons (Fsp3) is 0.130. The van der Waals surface area contributed by atoms with Crippen molar-refractivity contribution in [3.05, 3.63) is 86.0 Å². The Labute approximate surface area is 218 Å². The quantitative estimate of drug-likeness (QED) is 0.346. The summed E-state index contributed by atoms with van der Waals surface area (Å²) in [5, 5.41) is 12.6. The summed E-state index contributed by atoms with van der Waals surface area (Å²) >= 11 is 19.1. The molecule has 5 heterocycles. The summed E-state index contributed by atoms with van der Waals surface area (Å²) in [6.45, 7) is 0. The lowest BCUT2D eigenvalue weighted by Gasteiger charge is -2.15. The van der Waals surface area contributed by atoms with Crippen molar-refractivity contribution >= 4 is 40.6 Å². The summed E-state index contributed by atoms with van der Waals surface area (Å²) in [5.41, 5.74) is 9.70. The van der Waals surface area contributed by atoms with Gasteiger partial charge in [0.15, 0.2) is 0 Å². The first-order valence-corrected chi connectivity index (χ1v) is 12.0. The van der Waals surface area contributed by atoms with Gasteiger partial charge in [-0.3, -0.25) is 4.79 Å². The number of nitrogens with one attached hydrogen (secondary N) is 1. The van der Waals surface area contributed by atoms with Gasteiger partial charge in [0.2, 0.25) is 0 Å². The molecule has 6 rings (SSSR count). The average molecular weight is 541 g/mol. The maximum atomic E-state index is 13.4. The number of nitrogen functional groups attached to an aromatic ring is 1. The smallest absolute Gasteiger partial charge is 0.252 e. The maximum absolute atomic E-state index is 13.4. The summed E-state index contributed by atoms with van der Waals surface area (Å²) in [6, 6.07) is 10.2. The summed E-state index contributed by atoms with van der Waals surface area (Å²) in [6.07, 6.45) is 4.28. The number of anilines is 1. The van der Waals surface area contributed by atoms with Crippen molar-refractivity contribution in [2.75, 3.05) is 5.73 Å². The van der Waals surface area contributed by atoms with E-state index in [-0.39, 0.29) is 11.6 Å². The molecule has 13 heteroatoms. The van der Waals surface area contributed by atoms with Gasteiger partial charge in [-0.1, -0.05) is 34.8 Å². The second-order valence-corrected chi connectivity index (χ2v) is 9.51. The Morgan fingerprint density at radius 2 is 1.94 bits per heavy atom. The van der Waals surface area contributed by atoms with E-state index in [2.05, 4.69) is 30.5 Å². The molecule has 0 amide bonds. The summed E-state index contributed by atoms with van der Waals surface area (Å²) in [5.74, 6) is 0.860. The number of hydrogen-bond acceptors (Lipinski definition) is 7. The molecule has 0 unspecified atom stereocenters. The zero-order chi connectivity index (χ0) is 25.0. The minimum absolute atomic E-state index is 0.173. The standard InChI is InChI=1S/C23H16Cl3N9O/c24-12-1-3-17(34-10-29-32-33-34)14(7-12)11-5-13-2-4-18(35(13)20(36)6-11)23-30-21(22(26)31-23)15-8-19(27)28-9-16(15)25/h1,3,5-10,18H,2,4H2,(H2,27,28)(H,30,31)/t18-/m0/s1. The molecule has 0 saturated carbocycles. The molecule has 3 N–H and O–H groups in total. The van der Waals surface area contributed by atoms with Crippen LogP contribution >= 0.6 is 34.8 Å². The Kier molecular flexibility index (Phi) is 5.51. The van der Waals surface area contributed by atoms with Crippen molar-refractivity contribution in [3.63, 3.8) is 0 Å². The lowest BCUT2D eigenvalue weighted by molar-refractivity contribution is 0.572. The third-order valence-corrected chi connectivity index (χ3v) is 6.93. The van der Waals surface area contributed by atoms with Crippen LogP contribution in [0.3, 0.4) is 0 Å². The minimum atomic E-state index is -0.316. The molecular weight excluding hydrogens is 525 g/mol. The number of imidazole rings is 1. The van der Waals surface area contributed by atoms with Gasteiger partial charge < -0.3 is 15.3 Å². The first kappa shape index (κ1) is 22.7. The van der Waals surface area contributed by atoms with E-state index in [1.807, 2.05) is 12.1 Å². The first-order valence-electron chi connectivity index (χ1n) is 10.8. The van der Waals surface area contributed by atoms with Gasteiger partial charge in [-0.05, 0) is 59.2 Å². The number of rotatable bonds is 4. The molecule has 1 aliphatic heterocycles. The second kappa shape index (κ2) is 8.74. The molecular formula is C23H16Cl3N9O. The number of benzene rings is 1. The Morgan fingerprint density at radius 3 is 2.75 bits per heavy atom. The van der Waals surface area contributed by atoms with Gasteiger partial charge in [0.05, 0.1) is 16.8 Å². The van der Waals surface area contributed by atoms with Gasteiger partial charge in [-0.15, -0.1) is 5.10 Å². The van der Waals surface area contributed by atoms with Crippen molar-refractivity contribution in [2.24, 2.45) is 0 Å². The van der Waals surface area contributed by atoms with Crippen molar-refractivity contribution in [1.29, 1.82) is 0 Å². The number of fused-ring (bicyclic) bond motifs is 1. The van der Waals surface area contributed by atoms with E-state index in [9.17, 15) is 4.79 Å². The van der Waals surface area contributed by atoms with E-state index in [1.54, 1.807) is 28.8 Å². The molecule has 0 saturated heterocycles. The fourth-order valence-corrected chi connectivity index (χ4v) is 5.17. The van der Waals surface area contributed by atoms with Crippen molar-refractivity contribution in [1.82, 2.24) is 39.7 Å². The van der Waals surface area contributed by atoms with Crippen LogP contribution in [0.5, 0.6) is 0 Å². The SMILES string of the molecule is Nc1cc(-c2nc([C@@H]3CCc4cc(-c5cc(Cl)ccc5-n5cnnn5)cc(=O)n43)[nH]c2Cl)c(Cl)cn1. The van der Waals surface area contributed by atoms with E-state index in [1.165, 1.54) is 17.2 Å². The molecule has 0 spiro atoms. The number of tetrazole rings is 1. The number of hydrogen-bond donors (Lipinski definition) is 2. The second-order valence-electron chi connectivity index (χ2n) is 8.29. The molecule has 0 radical (unpaired) electrons. The number of aromatic amines is 1. The summed E-state index contributed by atoms with van der Waals surface area (Å²) in [4.78, 5) is 25.2. The third-order valence-electron chi connectivity index (χ3n) is 6.12. The van der Waals surface area contributed by atoms with Crippen molar-refractivity contribution in [2.45, 2.75) is 18.9 Å². The molecule has 1 atom stereocenters. The molecule has 1 aliphatic rings. The van der Waals surface area contributed by atoms with Crippen LogP contribution < -0.4 is 11.3 Å². The van der Waals surface area contributed by atoms with E-state index < -0.39 is 0 Å². The van der Waals surface area contributed by atoms with Crippen LogP contribution in [0.15, 0.2) is 53.7 Å². The molecule has 0 aliphatic carbocycles. The Morgan fingerprint density at radius 1 is 1.08 bits per heavy atom. The Hall–Kier alpha value is -3.73. The molecule has 36 heavy (non-hydrogen) atoms. The fourth-order valence-electron chi connectivity index (χ4n) is 4.56. The average Bonchev–Trinajstić information content (AvgIpc) is 3.60. The monoisotopic (exact) mass is 539 g/mol. The van der Waals surface area contributed by atoms with Gasteiger partial charge in [-0.25, -0.2) is 9.97 Å². The van der Waals surface area contributed by atoms with Crippen LogP contribution in [0, 0.1) is 0 Å². The van der Waals surface area contributed by atoms with E-state index in [0.29, 0.717) is 56.6 Å². The Bertz CT molecular complexity index is 1680. The zero-order valence-electron chi connectivity index (χ0n) is 18.4. The van der Waals surface area contributed by atoms with Crippen molar-refractivity contribution < 1.29 is 0 Å². The molecule has 180 valence electrons. The predicted molar refractivity (Wildman–Crippen MR) is 137 cm³/mol. The molecule has 0 bridgehead atoms.